The highest BCUT2D eigenvalue weighted by Crippen LogP contribution is 2.36. The Morgan fingerprint density at radius 2 is 1.75 bits per heavy atom. The summed E-state index contributed by atoms with van der Waals surface area (Å²) in [7, 11) is 0. The molecule has 2 heterocycles. The first-order chi connectivity index (χ1) is 15.7. The van der Waals surface area contributed by atoms with Crippen LogP contribution in [0.15, 0.2) is 41.2 Å². The molecule has 2 fully saturated rings. The lowest BCUT2D eigenvalue weighted by molar-refractivity contribution is -0.131. The summed E-state index contributed by atoms with van der Waals surface area (Å²) in [4.78, 5) is 26.2. The van der Waals surface area contributed by atoms with Gasteiger partial charge in [-0.25, -0.2) is 4.68 Å². The van der Waals surface area contributed by atoms with Crippen LogP contribution >= 0.6 is 0 Å². The molecule has 170 valence electrons. The molecule has 1 aliphatic heterocycles. The van der Waals surface area contributed by atoms with Crippen molar-refractivity contribution in [2.24, 2.45) is 0 Å². The molecule has 0 atom stereocenters. The summed E-state index contributed by atoms with van der Waals surface area (Å²) in [5.74, 6) is 0.125. The molecular weight excluding hydrogens is 402 g/mol. The number of carbonyl (C=O) groups excluding carboxylic acids is 1. The van der Waals surface area contributed by atoms with Crippen molar-refractivity contribution in [1.29, 1.82) is 0 Å². The molecule has 2 aliphatic carbocycles. The molecule has 1 saturated heterocycles. The van der Waals surface area contributed by atoms with Gasteiger partial charge in [0.05, 0.1) is 17.2 Å². The van der Waals surface area contributed by atoms with Crippen molar-refractivity contribution in [3.63, 3.8) is 0 Å². The molecule has 0 spiro atoms. The van der Waals surface area contributed by atoms with Crippen molar-refractivity contribution in [3.8, 4) is 0 Å². The SMILES string of the molecule is O=C(NC1CCC(n2nc3c(cc2=O)CCCC3)CC1)C1(c2ccccc2)CCOCC1. The Morgan fingerprint density at radius 1 is 1.03 bits per heavy atom. The quantitative estimate of drug-likeness (QED) is 0.798. The number of fused-ring (bicyclic) bond motifs is 1. The van der Waals surface area contributed by atoms with Crippen molar-refractivity contribution >= 4 is 5.91 Å². The smallest absolute Gasteiger partial charge is 0.267 e. The summed E-state index contributed by atoms with van der Waals surface area (Å²) in [5.41, 5.74) is 2.85. The molecule has 32 heavy (non-hydrogen) atoms. The molecule has 6 nitrogen and oxygen atoms in total. The minimum atomic E-state index is -0.507. The van der Waals surface area contributed by atoms with Crippen LogP contribution in [0.1, 0.15) is 74.2 Å². The fourth-order valence-electron chi connectivity index (χ4n) is 5.75. The van der Waals surface area contributed by atoms with E-state index in [-0.39, 0.29) is 23.6 Å². The molecule has 0 unspecified atom stereocenters. The summed E-state index contributed by atoms with van der Waals surface area (Å²) in [5, 5.41) is 8.11. The van der Waals surface area contributed by atoms with Gasteiger partial charge in [-0.05, 0) is 75.3 Å². The second-order valence-corrected chi connectivity index (χ2v) is 9.65. The normalized spacial score (nSPS) is 25.0. The van der Waals surface area contributed by atoms with E-state index >= 15 is 0 Å². The van der Waals surface area contributed by atoms with E-state index in [2.05, 4.69) is 17.4 Å². The first kappa shape index (κ1) is 21.4. The van der Waals surface area contributed by atoms with Crippen molar-refractivity contribution in [3.05, 3.63) is 63.6 Å². The van der Waals surface area contributed by atoms with Crippen LogP contribution in [0.4, 0.5) is 0 Å². The van der Waals surface area contributed by atoms with Crippen LogP contribution in [-0.2, 0) is 27.8 Å². The van der Waals surface area contributed by atoms with Gasteiger partial charge in [0.25, 0.3) is 5.56 Å². The van der Waals surface area contributed by atoms with Crippen LogP contribution < -0.4 is 10.9 Å². The lowest BCUT2D eigenvalue weighted by Gasteiger charge is -2.38. The zero-order chi connectivity index (χ0) is 22.0. The Hall–Kier alpha value is -2.47. The van der Waals surface area contributed by atoms with E-state index in [0.29, 0.717) is 26.1 Å². The summed E-state index contributed by atoms with van der Waals surface area (Å²) in [6.45, 7) is 1.23. The number of ether oxygens (including phenoxy) is 1. The largest absolute Gasteiger partial charge is 0.381 e. The lowest BCUT2D eigenvalue weighted by atomic mass is 9.73. The predicted molar refractivity (Wildman–Crippen MR) is 123 cm³/mol. The van der Waals surface area contributed by atoms with Crippen molar-refractivity contribution in [2.45, 2.75) is 81.7 Å². The third-order valence-corrected chi connectivity index (χ3v) is 7.72. The molecule has 1 saturated carbocycles. The van der Waals surface area contributed by atoms with E-state index < -0.39 is 5.41 Å². The molecule has 5 rings (SSSR count). The van der Waals surface area contributed by atoms with Crippen LogP contribution in [0, 0.1) is 0 Å². The fraction of sp³-hybridized carbons (Fsp3) is 0.577. The van der Waals surface area contributed by atoms with Crippen LogP contribution in [0.2, 0.25) is 0 Å². The third kappa shape index (κ3) is 4.13. The van der Waals surface area contributed by atoms with E-state index in [4.69, 9.17) is 9.84 Å². The molecular formula is C26H33N3O3. The van der Waals surface area contributed by atoms with E-state index in [9.17, 15) is 9.59 Å². The van der Waals surface area contributed by atoms with Gasteiger partial charge in [0.2, 0.25) is 5.91 Å². The van der Waals surface area contributed by atoms with Gasteiger partial charge in [0.15, 0.2) is 0 Å². The molecule has 1 aromatic heterocycles. The zero-order valence-corrected chi connectivity index (χ0v) is 18.7. The Morgan fingerprint density at radius 3 is 2.50 bits per heavy atom. The highest BCUT2D eigenvalue weighted by molar-refractivity contribution is 5.88. The molecule has 3 aliphatic rings. The molecule has 1 aromatic carbocycles. The number of nitrogens with zero attached hydrogens (tertiary/aromatic N) is 2. The summed E-state index contributed by atoms with van der Waals surface area (Å²) < 4.78 is 7.31. The summed E-state index contributed by atoms with van der Waals surface area (Å²) in [6.07, 6.45) is 9.20. The van der Waals surface area contributed by atoms with Gasteiger partial charge < -0.3 is 10.1 Å². The molecule has 6 heteroatoms. The summed E-state index contributed by atoms with van der Waals surface area (Å²) >= 11 is 0. The summed E-state index contributed by atoms with van der Waals surface area (Å²) in [6, 6.07) is 12.2. The number of amides is 1. The highest BCUT2D eigenvalue weighted by atomic mass is 16.5. The molecule has 1 amide bonds. The molecule has 0 bridgehead atoms. The first-order valence-corrected chi connectivity index (χ1v) is 12.2. The predicted octanol–water partition coefficient (Wildman–Crippen LogP) is 3.47. The second kappa shape index (κ2) is 9.18. The lowest BCUT2D eigenvalue weighted by Crippen LogP contribution is -2.51. The topological polar surface area (TPSA) is 73.2 Å². The Bertz CT molecular complexity index is 1000. The number of hydrogen-bond acceptors (Lipinski definition) is 4. The van der Waals surface area contributed by atoms with E-state index in [1.54, 1.807) is 4.68 Å². The number of hydrogen-bond donors (Lipinski definition) is 1. The maximum Gasteiger partial charge on any atom is 0.267 e. The van der Waals surface area contributed by atoms with Crippen LogP contribution in [0.3, 0.4) is 0 Å². The van der Waals surface area contributed by atoms with Crippen LogP contribution in [0.25, 0.3) is 0 Å². The average Bonchev–Trinajstić information content (AvgIpc) is 2.85. The van der Waals surface area contributed by atoms with Gasteiger partial charge in [-0.1, -0.05) is 30.3 Å². The standard InChI is InChI=1S/C26H33N3O3/c30-24-18-19-6-4-5-9-23(19)28-29(24)22-12-10-21(11-13-22)27-25(31)26(14-16-32-17-15-26)20-7-2-1-3-8-20/h1-3,7-8,18,21-22H,4-6,9-17H2,(H,27,31). The second-order valence-electron chi connectivity index (χ2n) is 9.65. The van der Waals surface area contributed by atoms with E-state index in [1.165, 1.54) is 0 Å². The number of benzene rings is 1. The van der Waals surface area contributed by atoms with Gasteiger partial charge in [-0.15, -0.1) is 0 Å². The molecule has 0 radical (unpaired) electrons. The highest BCUT2D eigenvalue weighted by Gasteiger charge is 2.42. The minimum absolute atomic E-state index is 0.0309. The van der Waals surface area contributed by atoms with Gasteiger partial charge in [0.1, 0.15) is 0 Å². The minimum Gasteiger partial charge on any atom is -0.381 e. The van der Waals surface area contributed by atoms with Crippen molar-refractivity contribution < 1.29 is 9.53 Å². The number of rotatable bonds is 4. The van der Waals surface area contributed by atoms with Gasteiger partial charge in [-0.2, -0.15) is 5.10 Å². The maximum atomic E-state index is 13.5. The number of aryl methyl sites for hydroxylation is 2. The van der Waals surface area contributed by atoms with E-state index in [0.717, 1.165) is 68.2 Å². The zero-order valence-electron chi connectivity index (χ0n) is 18.7. The third-order valence-electron chi connectivity index (χ3n) is 7.72. The fourth-order valence-corrected chi connectivity index (χ4v) is 5.75. The number of nitrogens with one attached hydrogen (secondary N) is 1. The van der Waals surface area contributed by atoms with Crippen LogP contribution in [0.5, 0.6) is 0 Å². The Balaban J connectivity index is 1.26. The number of aromatic nitrogens is 2. The average molecular weight is 436 g/mol. The van der Waals surface area contributed by atoms with Crippen molar-refractivity contribution in [1.82, 2.24) is 15.1 Å². The monoisotopic (exact) mass is 435 g/mol. The maximum absolute atomic E-state index is 13.5. The van der Waals surface area contributed by atoms with Crippen LogP contribution in [-0.4, -0.2) is 34.9 Å². The van der Waals surface area contributed by atoms with Gasteiger partial charge >= 0.3 is 0 Å². The molecule has 1 N–H and O–H groups in total. The Kier molecular flexibility index (Phi) is 6.13. The molecule has 2 aromatic rings. The van der Waals surface area contributed by atoms with Gasteiger partial charge in [-0.3, -0.25) is 9.59 Å². The number of carbonyl (C=O) groups is 1. The Labute approximate surface area is 189 Å². The van der Waals surface area contributed by atoms with E-state index in [1.807, 2.05) is 24.3 Å². The van der Waals surface area contributed by atoms with Gasteiger partial charge in [0, 0.05) is 25.3 Å². The first-order valence-electron chi connectivity index (χ1n) is 12.2. The van der Waals surface area contributed by atoms with Crippen molar-refractivity contribution in [2.75, 3.05) is 13.2 Å².